The molecule has 11 nitrogen and oxygen atoms in total. The maximum absolute atomic E-state index is 10.5. The van der Waals surface area contributed by atoms with E-state index in [1.54, 1.807) is 19.9 Å². The number of aliphatic carboxylic acids is 2. The minimum absolute atomic E-state index is 0. The zero-order chi connectivity index (χ0) is 43.6. The van der Waals surface area contributed by atoms with Gasteiger partial charge in [0.05, 0.1) is 18.1 Å². The number of rotatable bonds is 14. The number of aliphatic hydroxyl groups is 2. The first kappa shape index (κ1) is 56.6. The third-order valence-electron chi connectivity index (χ3n) is 8.11. The number of aldehydes is 1. The zero-order valence-electron chi connectivity index (χ0n) is 34.3. The van der Waals surface area contributed by atoms with Crippen LogP contribution in [0.1, 0.15) is 78.1 Å². The second-order valence-corrected chi connectivity index (χ2v) is 13.5. The van der Waals surface area contributed by atoms with Crippen molar-refractivity contribution in [1.82, 2.24) is 0 Å². The fourth-order valence-corrected chi connectivity index (χ4v) is 4.59. The van der Waals surface area contributed by atoms with Gasteiger partial charge in [-0.15, -0.1) is 0 Å². The summed E-state index contributed by atoms with van der Waals surface area (Å²) in [4.78, 5) is 40.1. The number of benzene rings is 4. The highest BCUT2D eigenvalue weighted by molar-refractivity contribution is 5.72. The van der Waals surface area contributed by atoms with Crippen LogP contribution < -0.4 is 0 Å². The molecule has 0 aliphatic carbocycles. The lowest BCUT2D eigenvalue weighted by Gasteiger charge is -2.14. The van der Waals surface area contributed by atoms with E-state index in [-0.39, 0.29) is 42.8 Å². The van der Waals surface area contributed by atoms with Crippen molar-refractivity contribution in [1.29, 1.82) is 5.26 Å². The van der Waals surface area contributed by atoms with Gasteiger partial charge in [0, 0.05) is 24.7 Å². The first-order valence-electron chi connectivity index (χ1n) is 18.9. The van der Waals surface area contributed by atoms with Crippen LogP contribution in [0.25, 0.3) is 0 Å². The number of aliphatic hydroxyl groups excluding tert-OH is 2. The van der Waals surface area contributed by atoms with E-state index in [1.165, 1.54) is 25.0 Å². The highest BCUT2D eigenvalue weighted by atomic mass is 16.6. The van der Waals surface area contributed by atoms with Crippen LogP contribution in [0.4, 0.5) is 0 Å². The van der Waals surface area contributed by atoms with E-state index in [2.05, 4.69) is 19.1 Å². The van der Waals surface area contributed by atoms with Gasteiger partial charge in [0.25, 0.3) is 0 Å². The number of carbonyl (C=O) groups excluding carboxylic acids is 1. The zero-order valence-corrected chi connectivity index (χ0v) is 34.3. The summed E-state index contributed by atoms with van der Waals surface area (Å²) in [5.41, 5.74) is 4.64. The molecule has 0 bridgehead atoms. The lowest BCUT2D eigenvalue weighted by Crippen LogP contribution is -2.28. The molecule has 4 N–H and O–H groups in total. The van der Waals surface area contributed by atoms with E-state index in [4.69, 9.17) is 15.5 Å². The SMILES string of the molecule is C.CC#N.CC(C=O)Cc1ccccc1.CC(Cc1ccccc1)C(=O)O.CC(Cc1ccccc1)C(O)C(=O)O.CC(O)C(C)Cc1ccccc1.CC[N+](=O)[O-]. The summed E-state index contributed by atoms with van der Waals surface area (Å²) >= 11 is 0. The Hall–Kier alpha value is -5.70. The van der Waals surface area contributed by atoms with Gasteiger partial charge in [-0.1, -0.05) is 156 Å². The summed E-state index contributed by atoms with van der Waals surface area (Å²) in [5.74, 6) is -1.99. The largest absolute Gasteiger partial charge is 0.481 e. The monoisotopic (exact) mass is 802 g/mol. The summed E-state index contributed by atoms with van der Waals surface area (Å²) in [6.07, 6.45) is 2.49. The summed E-state index contributed by atoms with van der Waals surface area (Å²) in [6.45, 7) is 12.2. The predicted octanol–water partition coefficient (Wildman–Crippen LogP) is 9.02. The van der Waals surface area contributed by atoms with Crippen LogP contribution in [0.2, 0.25) is 0 Å². The Morgan fingerprint density at radius 1 is 0.655 bits per heavy atom. The molecular formula is C47H66N2O9. The quantitative estimate of drug-likeness (QED) is 0.0542. The molecule has 4 aromatic rings. The van der Waals surface area contributed by atoms with Crippen molar-refractivity contribution in [2.24, 2.45) is 23.7 Å². The molecule has 0 fully saturated rings. The van der Waals surface area contributed by atoms with Crippen LogP contribution in [0.3, 0.4) is 0 Å². The summed E-state index contributed by atoms with van der Waals surface area (Å²) in [6, 6.07) is 41.3. The Morgan fingerprint density at radius 3 is 1.21 bits per heavy atom. The molecule has 0 saturated carbocycles. The molecule has 0 aromatic heterocycles. The van der Waals surface area contributed by atoms with Crippen molar-refractivity contribution < 1.29 is 39.7 Å². The number of hydrogen-bond donors (Lipinski definition) is 4. The third kappa shape index (κ3) is 31.5. The first-order chi connectivity index (χ1) is 27.0. The van der Waals surface area contributed by atoms with E-state index in [0.717, 1.165) is 30.3 Å². The predicted molar refractivity (Wildman–Crippen MR) is 232 cm³/mol. The van der Waals surface area contributed by atoms with Crippen molar-refractivity contribution in [2.45, 2.75) is 93.8 Å². The Morgan fingerprint density at radius 2 is 0.948 bits per heavy atom. The Labute approximate surface area is 346 Å². The lowest BCUT2D eigenvalue weighted by molar-refractivity contribution is -0.475. The smallest absolute Gasteiger partial charge is 0.332 e. The molecule has 0 aliphatic heterocycles. The minimum atomic E-state index is -1.28. The van der Waals surface area contributed by atoms with Gasteiger partial charge in [-0.25, -0.2) is 4.79 Å². The average Bonchev–Trinajstić information content (AvgIpc) is 3.20. The Bertz CT molecular complexity index is 1650. The molecule has 6 unspecified atom stereocenters. The van der Waals surface area contributed by atoms with Crippen LogP contribution >= 0.6 is 0 Å². The second kappa shape index (κ2) is 35.7. The maximum Gasteiger partial charge on any atom is 0.332 e. The highest BCUT2D eigenvalue weighted by Crippen LogP contribution is 2.13. The highest BCUT2D eigenvalue weighted by Gasteiger charge is 2.21. The number of nitriles is 1. The van der Waals surface area contributed by atoms with Crippen molar-refractivity contribution >= 4 is 18.2 Å². The van der Waals surface area contributed by atoms with Gasteiger partial charge in [-0.05, 0) is 66.7 Å². The van der Waals surface area contributed by atoms with E-state index in [9.17, 15) is 34.7 Å². The topological polar surface area (TPSA) is 199 Å². The van der Waals surface area contributed by atoms with Crippen LogP contribution in [0.15, 0.2) is 121 Å². The van der Waals surface area contributed by atoms with Gasteiger partial charge in [0.15, 0.2) is 6.10 Å². The van der Waals surface area contributed by atoms with Crippen molar-refractivity contribution in [3.05, 3.63) is 154 Å². The first-order valence-corrected chi connectivity index (χ1v) is 18.9. The van der Waals surface area contributed by atoms with Crippen LogP contribution in [0.5, 0.6) is 0 Å². The van der Waals surface area contributed by atoms with E-state index < -0.39 is 18.0 Å². The van der Waals surface area contributed by atoms with Gasteiger partial charge < -0.3 is 25.2 Å². The molecule has 0 saturated heterocycles. The number of carboxylic acids is 2. The molecule has 0 heterocycles. The molecule has 318 valence electrons. The van der Waals surface area contributed by atoms with Gasteiger partial charge >= 0.3 is 11.9 Å². The maximum atomic E-state index is 10.5. The minimum Gasteiger partial charge on any atom is -0.481 e. The summed E-state index contributed by atoms with van der Waals surface area (Å²) in [7, 11) is 0. The van der Waals surface area contributed by atoms with Crippen LogP contribution in [-0.2, 0) is 40.1 Å². The summed E-state index contributed by atoms with van der Waals surface area (Å²) in [5, 5.41) is 52.3. The van der Waals surface area contributed by atoms with Gasteiger partial charge in [0.2, 0.25) is 6.54 Å². The standard InChI is InChI=1S/C11H14O3.C11H16O.C10H12O2.C10H12O.C2H5NO2.C2H3N.CH4/c1-8(10(12)11(13)14)7-9-5-3-2-4-6-9;1-9(10(2)12)8-11-6-4-3-5-7-11;1-8(10(11)12)7-9-5-3-2-4-6-9;1-9(8-11)7-10-5-3-2-4-6-10;1-2-3(4)5;1-2-3;/h2-6,8,10,12H,7H2,1H3,(H,13,14);3-7,9-10,12H,8H2,1-2H3;2-6,8H,7H2,1H3,(H,11,12);2-6,8-9H,7H2,1H3;2H2,1H3;1H3;1H4. The van der Waals surface area contributed by atoms with E-state index >= 15 is 0 Å². The molecule has 0 spiro atoms. The Balaban J connectivity index is -0.000000652. The molecule has 6 atom stereocenters. The van der Waals surface area contributed by atoms with Crippen molar-refractivity contribution in [3.63, 3.8) is 0 Å². The van der Waals surface area contributed by atoms with Crippen molar-refractivity contribution in [2.75, 3.05) is 6.54 Å². The molecule has 0 aliphatic rings. The Kier molecular flexibility index (Phi) is 34.9. The number of hydrogen-bond acceptors (Lipinski definition) is 8. The fourth-order valence-electron chi connectivity index (χ4n) is 4.59. The van der Waals surface area contributed by atoms with E-state index in [1.807, 2.05) is 123 Å². The number of carboxylic acid groups (broad SMARTS) is 2. The van der Waals surface area contributed by atoms with Gasteiger partial charge in [0.1, 0.15) is 6.29 Å². The molecule has 4 rings (SSSR count). The lowest BCUT2D eigenvalue weighted by atomic mass is 9.96. The molecule has 11 heteroatoms. The normalized spacial score (nSPS) is 12.5. The number of nitrogens with zero attached hydrogens (tertiary/aromatic N) is 2. The van der Waals surface area contributed by atoms with Crippen LogP contribution in [-0.4, -0.2) is 62.3 Å². The van der Waals surface area contributed by atoms with E-state index in [0.29, 0.717) is 18.8 Å². The molecule has 4 aromatic carbocycles. The molecular weight excluding hydrogens is 737 g/mol. The number of carbonyl (C=O) groups is 3. The number of nitro groups is 1. The van der Waals surface area contributed by atoms with Crippen LogP contribution in [0, 0.1) is 45.1 Å². The third-order valence-corrected chi connectivity index (χ3v) is 8.11. The molecule has 0 amide bonds. The molecule has 0 radical (unpaired) electrons. The van der Waals surface area contributed by atoms with Gasteiger partial charge in [-0.3, -0.25) is 14.9 Å². The summed E-state index contributed by atoms with van der Waals surface area (Å²) < 4.78 is 0. The fraction of sp³-hybridized carbons (Fsp3) is 0.404. The second-order valence-electron chi connectivity index (χ2n) is 13.5. The van der Waals surface area contributed by atoms with Crippen molar-refractivity contribution in [3.8, 4) is 6.07 Å². The van der Waals surface area contributed by atoms with Gasteiger partial charge in [-0.2, -0.15) is 5.26 Å². The molecule has 58 heavy (non-hydrogen) atoms. The average molecular weight is 803 g/mol.